The van der Waals surface area contributed by atoms with E-state index in [-0.39, 0.29) is 5.97 Å². The van der Waals surface area contributed by atoms with Crippen molar-refractivity contribution in [2.24, 2.45) is 5.73 Å². The Balaban J connectivity index is 2.67. The van der Waals surface area contributed by atoms with E-state index in [0.29, 0.717) is 19.6 Å². The molecule has 4 heteroatoms. The first-order valence-electron chi connectivity index (χ1n) is 7.02. The Bertz CT molecular complexity index is 449. The summed E-state index contributed by atoms with van der Waals surface area (Å²) in [4.78, 5) is 13.9. The quantitative estimate of drug-likeness (QED) is 0.812. The van der Waals surface area contributed by atoms with Crippen molar-refractivity contribution in [3.63, 3.8) is 0 Å². The monoisotopic (exact) mass is 278 g/mol. The van der Waals surface area contributed by atoms with E-state index in [9.17, 15) is 4.79 Å². The maximum Gasteiger partial charge on any atom is 0.325 e. The number of aryl methyl sites for hydroxylation is 2. The Morgan fingerprint density at radius 1 is 1.30 bits per heavy atom. The van der Waals surface area contributed by atoms with Crippen molar-refractivity contribution < 1.29 is 9.53 Å². The van der Waals surface area contributed by atoms with Crippen molar-refractivity contribution >= 4 is 11.7 Å². The van der Waals surface area contributed by atoms with Crippen LogP contribution < -0.4 is 10.6 Å². The van der Waals surface area contributed by atoms with Crippen LogP contribution >= 0.6 is 0 Å². The van der Waals surface area contributed by atoms with Crippen molar-refractivity contribution in [2.45, 2.75) is 39.7 Å². The zero-order chi connectivity index (χ0) is 15.3. The van der Waals surface area contributed by atoms with Crippen LogP contribution in [0.4, 0.5) is 5.69 Å². The molecule has 0 bridgehead atoms. The Morgan fingerprint density at radius 3 is 2.35 bits per heavy atom. The minimum Gasteiger partial charge on any atom is -0.465 e. The number of hydrogen-bond acceptors (Lipinski definition) is 4. The molecule has 0 aliphatic carbocycles. The molecule has 4 nitrogen and oxygen atoms in total. The molecule has 0 fully saturated rings. The second kappa shape index (κ2) is 6.75. The van der Waals surface area contributed by atoms with E-state index in [2.05, 4.69) is 36.9 Å². The molecule has 20 heavy (non-hydrogen) atoms. The Hall–Kier alpha value is -1.55. The highest BCUT2D eigenvalue weighted by molar-refractivity contribution is 5.80. The molecule has 0 saturated carbocycles. The minimum absolute atomic E-state index is 0.339. The predicted octanol–water partition coefficient (Wildman–Crippen LogP) is 2.41. The fourth-order valence-corrected chi connectivity index (χ4v) is 2.10. The fraction of sp³-hybridized carbons (Fsp3) is 0.562. The molecular weight excluding hydrogens is 252 g/mol. The first-order chi connectivity index (χ1) is 9.26. The van der Waals surface area contributed by atoms with Gasteiger partial charge in [-0.2, -0.15) is 0 Å². The van der Waals surface area contributed by atoms with E-state index in [1.54, 1.807) is 13.8 Å². The average Bonchev–Trinajstić information content (AvgIpc) is 2.35. The van der Waals surface area contributed by atoms with Gasteiger partial charge in [0, 0.05) is 19.3 Å². The number of benzene rings is 1. The third-order valence-electron chi connectivity index (χ3n) is 3.36. The summed E-state index contributed by atoms with van der Waals surface area (Å²) in [5.41, 5.74) is 8.69. The molecule has 0 radical (unpaired) electrons. The smallest absolute Gasteiger partial charge is 0.325 e. The maximum absolute atomic E-state index is 11.8. The van der Waals surface area contributed by atoms with Crippen LogP contribution in [0.1, 0.15) is 31.4 Å². The molecule has 2 N–H and O–H groups in total. The van der Waals surface area contributed by atoms with Gasteiger partial charge in [0.05, 0.1) is 6.61 Å². The number of hydrogen-bond donors (Lipinski definition) is 1. The van der Waals surface area contributed by atoms with Gasteiger partial charge in [-0.3, -0.25) is 4.79 Å². The second-order valence-corrected chi connectivity index (χ2v) is 5.66. The SMILES string of the molecule is CCOC(=O)C(C)(N)CCN(C)c1cc(C)cc(C)c1. The molecular formula is C16H26N2O2. The lowest BCUT2D eigenvalue weighted by molar-refractivity contribution is -0.149. The predicted molar refractivity (Wildman–Crippen MR) is 83.0 cm³/mol. The lowest BCUT2D eigenvalue weighted by Crippen LogP contribution is -2.48. The Morgan fingerprint density at radius 2 is 1.85 bits per heavy atom. The summed E-state index contributed by atoms with van der Waals surface area (Å²) in [6.07, 6.45) is 0.551. The zero-order valence-corrected chi connectivity index (χ0v) is 13.2. The molecule has 1 atom stereocenters. The van der Waals surface area contributed by atoms with E-state index in [4.69, 9.17) is 10.5 Å². The van der Waals surface area contributed by atoms with Crippen molar-refractivity contribution in [2.75, 3.05) is 25.1 Å². The summed E-state index contributed by atoms with van der Waals surface area (Å²) in [7, 11) is 2.01. The van der Waals surface area contributed by atoms with E-state index < -0.39 is 5.54 Å². The van der Waals surface area contributed by atoms with Gasteiger partial charge in [-0.25, -0.2) is 0 Å². The molecule has 1 unspecified atom stereocenters. The average molecular weight is 278 g/mol. The molecule has 0 aliphatic rings. The number of carbonyl (C=O) groups excluding carboxylic acids is 1. The topological polar surface area (TPSA) is 55.6 Å². The van der Waals surface area contributed by atoms with Crippen LogP contribution in [-0.2, 0) is 9.53 Å². The summed E-state index contributed by atoms with van der Waals surface area (Å²) in [5.74, 6) is -0.339. The minimum atomic E-state index is -0.941. The van der Waals surface area contributed by atoms with E-state index in [1.807, 2.05) is 7.05 Å². The molecule has 1 aromatic rings. The van der Waals surface area contributed by atoms with Gasteiger partial charge >= 0.3 is 5.97 Å². The van der Waals surface area contributed by atoms with Gasteiger partial charge in [-0.15, -0.1) is 0 Å². The molecule has 0 aromatic heterocycles. The number of rotatable bonds is 6. The van der Waals surface area contributed by atoms with Gasteiger partial charge < -0.3 is 15.4 Å². The van der Waals surface area contributed by atoms with Gasteiger partial charge in [0.2, 0.25) is 0 Å². The van der Waals surface area contributed by atoms with Crippen LogP contribution in [0.5, 0.6) is 0 Å². The van der Waals surface area contributed by atoms with E-state index in [0.717, 1.165) is 5.69 Å². The summed E-state index contributed by atoms with van der Waals surface area (Å²) >= 11 is 0. The molecule has 0 amide bonds. The molecule has 0 aliphatic heterocycles. The number of nitrogens with zero attached hydrogens (tertiary/aromatic N) is 1. The molecule has 1 aromatic carbocycles. The van der Waals surface area contributed by atoms with Gasteiger partial charge in [0.25, 0.3) is 0 Å². The summed E-state index contributed by atoms with van der Waals surface area (Å²) in [6.45, 7) is 8.73. The number of esters is 1. The van der Waals surface area contributed by atoms with Gasteiger partial charge in [0.15, 0.2) is 0 Å². The van der Waals surface area contributed by atoms with E-state index >= 15 is 0 Å². The maximum atomic E-state index is 11.8. The largest absolute Gasteiger partial charge is 0.465 e. The second-order valence-electron chi connectivity index (χ2n) is 5.66. The number of carbonyl (C=O) groups is 1. The van der Waals surface area contributed by atoms with Gasteiger partial charge in [-0.1, -0.05) is 6.07 Å². The lowest BCUT2D eigenvalue weighted by Gasteiger charge is -2.27. The van der Waals surface area contributed by atoms with Gasteiger partial charge in [0.1, 0.15) is 5.54 Å². The first-order valence-corrected chi connectivity index (χ1v) is 7.02. The van der Waals surface area contributed by atoms with Crippen LogP contribution in [-0.4, -0.2) is 31.7 Å². The normalized spacial score (nSPS) is 13.7. The molecule has 112 valence electrons. The van der Waals surface area contributed by atoms with Crippen molar-refractivity contribution in [1.82, 2.24) is 0 Å². The highest BCUT2D eigenvalue weighted by Crippen LogP contribution is 2.19. The fourth-order valence-electron chi connectivity index (χ4n) is 2.10. The van der Waals surface area contributed by atoms with Crippen LogP contribution in [0.15, 0.2) is 18.2 Å². The molecule has 0 heterocycles. The number of ether oxygens (including phenoxy) is 1. The first kappa shape index (κ1) is 16.5. The van der Waals surface area contributed by atoms with Gasteiger partial charge in [-0.05, 0) is 57.4 Å². The van der Waals surface area contributed by atoms with Crippen LogP contribution in [0.2, 0.25) is 0 Å². The van der Waals surface area contributed by atoms with Crippen molar-refractivity contribution in [3.05, 3.63) is 29.3 Å². The number of nitrogens with two attached hydrogens (primary N) is 1. The Kier molecular flexibility index (Phi) is 5.57. The highest BCUT2D eigenvalue weighted by Gasteiger charge is 2.29. The number of anilines is 1. The summed E-state index contributed by atoms with van der Waals surface area (Å²) in [6, 6.07) is 6.40. The third kappa shape index (κ3) is 4.53. The summed E-state index contributed by atoms with van der Waals surface area (Å²) < 4.78 is 5.00. The van der Waals surface area contributed by atoms with Crippen LogP contribution in [0.3, 0.4) is 0 Å². The molecule has 0 saturated heterocycles. The van der Waals surface area contributed by atoms with Crippen LogP contribution in [0, 0.1) is 13.8 Å². The van der Waals surface area contributed by atoms with Crippen LogP contribution in [0.25, 0.3) is 0 Å². The van der Waals surface area contributed by atoms with E-state index in [1.165, 1.54) is 11.1 Å². The zero-order valence-electron chi connectivity index (χ0n) is 13.2. The Labute approximate surface area is 121 Å². The van der Waals surface area contributed by atoms with Crippen molar-refractivity contribution in [1.29, 1.82) is 0 Å². The standard InChI is InChI=1S/C16H26N2O2/c1-6-20-15(19)16(4,17)7-8-18(5)14-10-12(2)9-13(3)11-14/h9-11H,6-8,17H2,1-5H3. The third-order valence-corrected chi connectivity index (χ3v) is 3.36. The van der Waals surface area contributed by atoms with Crippen molar-refractivity contribution in [3.8, 4) is 0 Å². The highest BCUT2D eigenvalue weighted by atomic mass is 16.5. The summed E-state index contributed by atoms with van der Waals surface area (Å²) in [5, 5.41) is 0. The molecule has 0 spiro atoms. The lowest BCUT2D eigenvalue weighted by atomic mass is 9.99. The molecule has 1 rings (SSSR count).